The molecule has 2 rings (SSSR count). The second-order valence-electron chi connectivity index (χ2n) is 3.39. The van der Waals surface area contributed by atoms with Crippen molar-refractivity contribution in [3.63, 3.8) is 0 Å². The molecule has 2 aromatic rings. The third-order valence-corrected chi connectivity index (χ3v) is 2.34. The van der Waals surface area contributed by atoms with E-state index in [1.165, 1.54) is 18.3 Å². The van der Waals surface area contributed by atoms with Crippen molar-refractivity contribution in [3.05, 3.63) is 40.8 Å². The zero-order valence-corrected chi connectivity index (χ0v) is 9.70. The normalized spacial score (nSPS) is 10.3. The second kappa shape index (κ2) is 4.55. The van der Waals surface area contributed by atoms with Crippen LogP contribution in [0.2, 0.25) is 5.02 Å². The number of hydrogen-bond acceptors (Lipinski definition) is 4. The Hall–Kier alpha value is -1.88. The number of rotatable bonds is 2. The predicted molar refractivity (Wildman–Crippen MR) is 62.7 cm³/mol. The van der Waals surface area contributed by atoms with E-state index in [1.54, 1.807) is 6.92 Å². The van der Waals surface area contributed by atoms with Crippen LogP contribution in [0.1, 0.15) is 5.56 Å². The SMILES string of the molecule is Cc1cnc(N)nc1Oc1ccc(F)cc1Cl. The van der Waals surface area contributed by atoms with Gasteiger partial charge in [-0.15, -0.1) is 0 Å². The Bertz CT molecular complexity index is 562. The summed E-state index contributed by atoms with van der Waals surface area (Å²) >= 11 is 5.83. The van der Waals surface area contributed by atoms with Gasteiger partial charge in [0.05, 0.1) is 5.02 Å². The number of aryl methyl sites for hydroxylation is 1. The third kappa shape index (κ3) is 2.62. The molecule has 0 aliphatic rings. The molecule has 0 fully saturated rings. The maximum Gasteiger partial charge on any atom is 0.227 e. The Morgan fingerprint density at radius 2 is 2.18 bits per heavy atom. The molecule has 0 spiro atoms. The van der Waals surface area contributed by atoms with Gasteiger partial charge in [0.15, 0.2) is 0 Å². The first kappa shape index (κ1) is 11.6. The highest BCUT2D eigenvalue weighted by Gasteiger charge is 2.08. The van der Waals surface area contributed by atoms with E-state index in [2.05, 4.69) is 9.97 Å². The van der Waals surface area contributed by atoms with Crippen LogP contribution < -0.4 is 10.5 Å². The molecule has 0 aliphatic carbocycles. The summed E-state index contributed by atoms with van der Waals surface area (Å²) in [5.74, 6) is 0.283. The van der Waals surface area contributed by atoms with Crippen LogP contribution in [0.4, 0.5) is 10.3 Å². The number of anilines is 1. The number of nitrogen functional groups attached to an aromatic ring is 1. The van der Waals surface area contributed by atoms with E-state index in [-0.39, 0.29) is 11.0 Å². The number of halogens is 2. The van der Waals surface area contributed by atoms with Crippen LogP contribution in [0.15, 0.2) is 24.4 Å². The van der Waals surface area contributed by atoms with E-state index in [4.69, 9.17) is 22.1 Å². The molecule has 0 saturated heterocycles. The first-order valence-corrected chi connectivity index (χ1v) is 5.16. The largest absolute Gasteiger partial charge is 0.437 e. The van der Waals surface area contributed by atoms with Gasteiger partial charge in [-0.05, 0) is 25.1 Å². The van der Waals surface area contributed by atoms with Crippen LogP contribution in [0.5, 0.6) is 11.6 Å². The summed E-state index contributed by atoms with van der Waals surface area (Å²) in [4.78, 5) is 7.73. The fourth-order valence-electron chi connectivity index (χ4n) is 1.20. The maximum atomic E-state index is 12.8. The molecule has 0 bridgehead atoms. The van der Waals surface area contributed by atoms with Crippen LogP contribution in [-0.4, -0.2) is 9.97 Å². The summed E-state index contributed by atoms with van der Waals surface area (Å²) in [5.41, 5.74) is 6.16. The van der Waals surface area contributed by atoms with Crippen molar-refractivity contribution in [1.29, 1.82) is 0 Å². The standard InChI is InChI=1S/C11H9ClFN3O/c1-6-5-15-11(14)16-10(6)17-9-3-2-7(13)4-8(9)12/h2-5H,1H3,(H2,14,15,16). The molecular formula is C11H9ClFN3O. The summed E-state index contributed by atoms with van der Waals surface area (Å²) in [5, 5.41) is 0.168. The van der Waals surface area contributed by atoms with E-state index in [1.807, 2.05) is 0 Å². The fraction of sp³-hybridized carbons (Fsp3) is 0.0909. The van der Waals surface area contributed by atoms with Crippen molar-refractivity contribution in [2.24, 2.45) is 0 Å². The Balaban J connectivity index is 2.34. The number of hydrogen-bond donors (Lipinski definition) is 1. The number of nitrogens with two attached hydrogens (primary N) is 1. The molecule has 17 heavy (non-hydrogen) atoms. The Morgan fingerprint density at radius 3 is 2.88 bits per heavy atom. The smallest absolute Gasteiger partial charge is 0.227 e. The van der Waals surface area contributed by atoms with Gasteiger partial charge in [0, 0.05) is 11.8 Å². The van der Waals surface area contributed by atoms with Gasteiger partial charge in [0.2, 0.25) is 11.8 Å². The summed E-state index contributed by atoms with van der Waals surface area (Å²) in [6.45, 7) is 1.77. The van der Waals surface area contributed by atoms with E-state index in [0.29, 0.717) is 17.2 Å². The zero-order chi connectivity index (χ0) is 12.4. The highest BCUT2D eigenvalue weighted by molar-refractivity contribution is 6.32. The lowest BCUT2D eigenvalue weighted by atomic mass is 10.3. The molecule has 1 heterocycles. The van der Waals surface area contributed by atoms with Crippen molar-refractivity contribution >= 4 is 17.5 Å². The predicted octanol–water partition coefficient (Wildman–Crippen LogP) is 2.95. The van der Waals surface area contributed by atoms with Crippen molar-refractivity contribution in [2.75, 3.05) is 5.73 Å². The molecule has 0 amide bonds. The number of aromatic nitrogens is 2. The van der Waals surface area contributed by atoms with Crippen LogP contribution in [0, 0.1) is 12.7 Å². The monoisotopic (exact) mass is 253 g/mol. The zero-order valence-electron chi connectivity index (χ0n) is 8.95. The van der Waals surface area contributed by atoms with Gasteiger partial charge in [-0.3, -0.25) is 0 Å². The summed E-state index contributed by atoms with van der Waals surface area (Å²) in [6, 6.07) is 3.84. The third-order valence-electron chi connectivity index (χ3n) is 2.04. The molecule has 0 saturated carbocycles. The first-order chi connectivity index (χ1) is 8.06. The molecule has 0 aliphatic heterocycles. The molecular weight excluding hydrogens is 245 g/mol. The number of benzene rings is 1. The van der Waals surface area contributed by atoms with Crippen molar-refractivity contribution in [1.82, 2.24) is 9.97 Å². The average molecular weight is 254 g/mol. The van der Waals surface area contributed by atoms with Gasteiger partial charge >= 0.3 is 0 Å². The Morgan fingerprint density at radius 1 is 1.41 bits per heavy atom. The molecule has 2 N–H and O–H groups in total. The van der Waals surface area contributed by atoms with Gasteiger partial charge in [-0.25, -0.2) is 9.37 Å². The molecule has 88 valence electrons. The van der Waals surface area contributed by atoms with Gasteiger partial charge < -0.3 is 10.5 Å². The quantitative estimate of drug-likeness (QED) is 0.894. The minimum absolute atomic E-state index is 0.101. The lowest BCUT2D eigenvalue weighted by Crippen LogP contribution is -1.99. The van der Waals surface area contributed by atoms with Crippen LogP contribution in [-0.2, 0) is 0 Å². The Labute approximate surface area is 102 Å². The number of ether oxygens (including phenoxy) is 1. The summed E-state index contributed by atoms with van der Waals surface area (Å²) < 4.78 is 18.3. The minimum atomic E-state index is -0.429. The van der Waals surface area contributed by atoms with Gasteiger partial charge in [-0.2, -0.15) is 4.98 Å². The molecule has 0 unspecified atom stereocenters. The van der Waals surface area contributed by atoms with Crippen LogP contribution >= 0.6 is 11.6 Å². The van der Waals surface area contributed by atoms with E-state index in [0.717, 1.165) is 6.07 Å². The van der Waals surface area contributed by atoms with Crippen LogP contribution in [0.3, 0.4) is 0 Å². The topological polar surface area (TPSA) is 61.0 Å². The van der Waals surface area contributed by atoms with E-state index in [9.17, 15) is 4.39 Å². The first-order valence-electron chi connectivity index (χ1n) is 4.78. The molecule has 1 aromatic carbocycles. The highest BCUT2D eigenvalue weighted by Crippen LogP contribution is 2.30. The maximum absolute atomic E-state index is 12.8. The average Bonchev–Trinajstić information content (AvgIpc) is 2.27. The summed E-state index contributed by atoms with van der Waals surface area (Å²) in [7, 11) is 0. The van der Waals surface area contributed by atoms with Crippen LogP contribution in [0.25, 0.3) is 0 Å². The lowest BCUT2D eigenvalue weighted by Gasteiger charge is -2.08. The van der Waals surface area contributed by atoms with E-state index >= 15 is 0 Å². The van der Waals surface area contributed by atoms with Gasteiger partial charge in [0.1, 0.15) is 11.6 Å². The molecule has 6 heteroatoms. The molecule has 0 atom stereocenters. The minimum Gasteiger partial charge on any atom is -0.437 e. The van der Waals surface area contributed by atoms with Gasteiger partial charge in [-0.1, -0.05) is 11.6 Å². The fourth-order valence-corrected chi connectivity index (χ4v) is 1.41. The van der Waals surface area contributed by atoms with Gasteiger partial charge in [0.25, 0.3) is 0 Å². The van der Waals surface area contributed by atoms with Crippen molar-refractivity contribution in [2.45, 2.75) is 6.92 Å². The highest BCUT2D eigenvalue weighted by atomic mass is 35.5. The van der Waals surface area contributed by atoms with Crippen molar-refractivity contribution < 1.29 is 9.13 Å². The number of nitrogens with zero attached hydrogens (tertiary/aromatic N) is 2. The molecule has 4 nitrogen and oxygen atoms in total. The van der Waals surface area contributed by atoms with Crippen molar-refractivity contribution in [3.8, 4) is 11.6 Å². The lowest BCUT2D eigenvalue weighted by molar-refractivity contribution is 0.457. The Kier molecular flexibility index (Phi) is 3.10. The molecule has 1 aromatic heterocycles. The second-order valence-corrected chi connectivity index (χ2v) is 3.80. The summed E-state index contributed by atoms with van der Waals surface area (Å²) in [6.07, 6.45) is 1.54. The molecule has 0 radical (unpaired) electrons. The van der Waals surface area contributed by atoms with E-state index < -0.39 is 5.82 Å².